The molecule has 0 saturated heterocycles. The minimum absolute atomic E-state index is 0.0696. The zero-order valence-electron chi connectivity index (χ0n) is 45.9. The largest absolute Gasteiger partial charge is 0.394 e. The Morgan fingerprint density at radius 2 is 0.618 bits per heavy atom. The molecule has 0 heterocycles. The molecule has 1 amide bonds. The minimum atomic E-state index is -0.863. The highest BCUT2D eigenvalue weighted by Crippen LogP contribution is 2.17. The monoisotopic (exact) mass is 950 g/mol. The SMILES string of the molecule is CCCCCCC/C=C\C/C=C\C/C=C\CCCCCCCCCCCCCCCCCCCCCCC(=O)NC(CO)C(O)/C=C/CC/C=C/CCCCCCCCCCCCCCCCC. The maximum absolute atomic E-state index is 12.5. The van der Waals surface area contributed by atoms with Gasteiger partial charge in [0.1, 0.15) is 0 Å². The molecule has 68 heavy (non-hydrogen) atoms. The highest BCUT2D eigenvalue weighted by molar-refractivity contribution is 5.76. The van der Waals surface area contributed by atoms with Gasteiger partial charge >= 0.3 is 0 Å². The zero-order chi connectivity index (χ0) is 49.2. The fourth-order valence-corrected chi connectivity index (χ4v) is 9.32. The van der Waals surface area contributed by atoms with E-state index in [-0.39, 0.29) is 12.5 Å². The number of aliphatic hydroxyl groups is 2. The van der Waals surface area contributed by atoms with Crippen LogP contribution in [0.4, 0.5) is 0 Å². The lowest BCUT2D eigenvalue weighted by atomic mass is 10.0. The summed E-state index contributed by atoms with van der Waals surface area (Å²) in [5.41, 5.74) is 0. The van der Waals surface area contributed by atoms with Crippen LogP contribution in [0.5, 0.6) is 0 Å². The van der Waals surface area contributed by atoms with Crippen molar-refractivity contribution >= 4 is 5.91 Å². The van der Waals surface area contributed by atoms with Crippen molar-refractivity contribution < 1.29 is 15.0 Å². The number of hydrogen-bond acceptors (Lipinski definition) is 3. The lowest BCUT2D eigenvalue weighted by Gasteiger charge is -2.19. The smallest absolute Gasteiger partial charge is 0.220 e. The zero-order valence-corrected chi connectivity index (χ0v) is 45.9. The van der Waals surface area contributed by atoms with Crippen LogP contribution >= 0.6 is 0 Å². The molecule has 0 rings (SSSR count). The average molecular weight is 951 g/mol. The lowest BCUT2D eigenvalue weighted by molar-refractivity contribution is -0.123. The topological polar surface area (TPSA) is 69.6 Å². The first-order valence-corrected chi connectivity index (χ1v) is 30.5. The summed E-state index contributed by atoms with van der Waals surface area (Å²) in [5, 5.41) is 23.2. The van der Waals surface area contributed by atoms with Crippen LogP contribution in [-0.4, -0.2) is 34.9 Å². The molecule has 0 bridgehead atoms. The van der Waals surface area contributed by atoms with Gasteiger partial charge in [0.2, 0.25) is 5.91 Å². The first kappa shape index (κ1) is 66.1. The molecule has 0 aromatic heterocycles. The second-order valence-electron chi connectivity index (χ2n) is 20.8. The molecule has 0 saturated carbocycles. The Hall–Kier alpha value is -1.91. The number of amides is 1. The third-order valence-electron chi connectivity index (χ3n) is 14.0. The Morgan fingerprint density at radius 1 is 0.353 bits per heavy atom. The van der Waals surface area contributed by atoms with E-state index in [1.54, 1.807) is 6.08 Å². The fraction of sp³-hybridized carbons (Fsp3) is 0.828. The molecular formula is C64H119NO3. The highest BCUT2D eigenvalue weighted by atomic mass is 16.3. The summed E-state index contributed by atoms with van der Waals surface area (Å²) >= 11 is 0. The van der Waals surface area contributed by atoms with Crippen LogP contribution in [0.1, 0.15) is 322 Å². The van der Waals surface area contributed by atoms with Crippen LogP contribution in [0.25, 0.3) is 0 Å². The van der Waals surface area contributed by atoms with Gasteiger partial charge in [0.15, 0.2) is 0 Å². The molecule has 2 atom stereocenters. The van der Waals surface area contributed by atoms with Crippen molar-refractivity contribution in [3.8, 4) is 0 Å². The lowest BCUT2D eigenvalue weighted by Crippen LogP contribution is -2.45. The Bertz CT molecular complexity index is 1120. The Labute approximate surface area is 426 Å². The third-order valence-corrected chi connectivity index (χ3v) is 14.0. The number of allylic oxidation sites excluding steroid dienone is 9. The van der Waals surface area contributed by atoms with Crippen LogP contribution in [-0.2, 0) is 4.79 Å². The average Bonchev–Trinajstić information content (AvgIpc) is 3.34. The summed E-state index contributed by atoms with van der Waals surface area (Å²) in [6.45, 7) is 4.31. The number of carbonyl (C=O) groups excluding carboxylic acids is 1. The van der Waals surface area contributed by atoms with Gasteiger partial charge in [-0.15, -0.1) is 0 Å². The Morgan fingerprint density at radius 3 is 0.956 bits per heavy atom. The van der Waals surface area contributed by atoms with Gasteiger partial charge in [-0.1, -0.05) is 306 Å². The van der Waals surface area contributed by atoms with Gasteiger partial charge in [-0.05, 0) is 70.6 Å². The van der Waals surface area contributed by atoms with E-state index in [1.165, 1.54) is 257 Å². The molecule has 0 aromatic carbocycles. The van der Waals surface area contributed by atoms with Crippen molar-refractivity contribution in [2.45, 2.75) is 334 Å². The van der Waals surface area contributed by atoms with Gasteiger partial charge in [0.05, 0.1) is 18.8 Å². The summed E-state index contributed by atoms with van der Waals surface area (Å²) in [6.07, 6.45) is 84.1. The molecule has 0 aliphatic rings. The van der Waals surface area contributed by atoms with Crippen molar-refractivity contribution in [1.82, 2.24) is 5.32 Å². The summed E-state index contributed by atoms with van der Waals surface area (Å²) in [4.78, 5) is 12.5. The normalized spacial score (nSPS) is 13.2. The standard InChI is InChI=1S/C64H119NO3/c1-3-5-7-9-11-13-15-17-19-21-23-25-26-27-28-29-30-31-32-33-34-35-36-37-38-40-42-44-46-48-50-52-54-56-58-60-64(68)65-62(61-66)63(67)59-57-55-53-51-49-47-45-43-41-39-24-22-20-18-16-14-12-10-8-6-4-2/h15,17,21,23,26-27,49,51,57,59,62-63,66-67H,3-14,16,18-20,22,24-25,28-48,50,52-56,58,60-61H2,1-2H3,(H,65,68)/b17-15-,23-21-,27-26-,51-49+,59-57+. The fourth-order valence-electron chi connectivity index (χ4n) is 9.32. The van der Waals surface area contributed by atoms with Crippen molar-refractivity contribution in [2.24, 2.45) is 0 Å². The molecule has 0 aliphatic heterocycles. The van der Waals surface area contributed by atoms with Gasteiger partial charge in [0, 0.05) is 6.42 Å². The first-order valence-electron chi connectivity index (χ1n) is 30.5. The summed E-state index contributed by atoms with van der Waals surface area (Å²) in [5.74, 6) is -0.0696. The van der Waals surface area contributed by atoms with Crippen LogP contribution in [0.3, 0.4) is 0 Å². The molecule has 0 aromatic rings. The van der Waals surface area contributed by atoms with Gasteiger partial charge in [-0.25, -0.2) is 0 Å². The number of hydrogen-bond donors (Lipinski definition) is 3. The van der Waals surface area contributed by atoms with E-state index in [0.717, 1.165) is 44.9 Å². The van der Waals surface area contributed by atoms with E-state index in [4.69, 9.17) is 0 Å². The molecule has 4 heteroatoms. The Balaban J connectivity index is 3.48. The summed E-state index contributed by atoms with van der Waals surface area (Å²) in [6, 6.07) is -0.640. The van der Waals surface area contributed by atoms with Crippen molar-refractivity contribution in [2.75, 3.05) is 6.61 Å². The summed E-state index contributed by atoms with van der Waals surface area (Å²) in [7, 11) is 0. The van der Waals surface area contributed by atoms with Gasteiger partial charge < -0.3 is 15.5 Å². The first-order chi connectivity index (χ1) is 33.7. The predicted octanol–water partition coefficient (Wildman–Crippen LogP) is 20.4. The number of carbonyl (C=O) groups is 1. The van der Waals surface area contributed by atoms with E-state index in [9.17, 15) is 15.0 Å². The molecular weight excluding hydrogens is 831 g/mol. The summed E-state index contributed by atoms with van der Waals surface area (Å²) < 4.78 is 0. The van der Waals surface area contributed by atoms with Crippen molar-refractivity contribution in [3.63, 3.8) is 0 Å². The van der Waals surface area contributed by atoms with Gasteiger partial charge in [-0.3, -0.25) is 4.79 Å². The second-order valence-corrected chi connectivity index (χ2v) is 20.8. The molecule has 4 nitrogen and oxygen atoms in total. The van der Waals surface area contributed by atoms with Gasteiger partial charge in [-0.2, -0.15) is 0 Å². The predicted molar refractivity (Wildman–Crippen MR) is 304 cm³/mol. The van der Waals surface area contributed by atoms with E-state index >= 15 is 0 Å². The molecule has 0 fully saturated rings. The second kappa shape index (κ2) is 59.4. The van der Waals surface area contributed by atoms with Crippen molar-refractivity contribution in [1.29, 1.82) is 0 Å². The van der Waals surface area contributed by atoms with E-state index in [1.807, 2.05) is 6.08 Å². The van der Waals surface area contributed by atoms with Gasteiger partial charge in [0.25, 0.3) is 0 Å². The highest BCUT2D eigenvalue weighted by Gasteiger charge is 2.18. The molecule has 3 N–H and O–H groups in total. The van der Waals surface area contributed by atoms with E-state index in [2.05, 4.69) is 67.8 Å². The van der Waals surface area contributed by atoms with E-state index < -0.39 is 12.1 Å². The molecule has 0 radical (unpaired) electrons. The van der Waals surface area contributed by atoms with Crippen molar-refractivity contribution in [3.05, 3.63) is 60.8 Å². The quantitative estimate of drug-likeness (QED) is 0.0420. The van der Waals surface area contributed by atoms with Crippen LogP contribution in [0, 0.1) is 0 Å². The number of unbranched alkanes of at least 4 members (excludes halogenated alkanes) is 41. The number of rotatable bonds is 56. The number of nitrogens with one attached hydrogen (secondary N) is 1. The Kier molecular flexibility index (Phi) is 57.7. The maximum Gasteiger partial charge on any atom is 0.220 e. The third kappa shape index (κ3) is 55.0. The molecule has 398 valence electrons. The van der Waals surface area contributed by atoms with Crippen LogP contribution < -0.4 is 5.32 Å². The molecule has 2 unspecified atom stereocenters. The van der Waals surface area contributed by atoms with Crippen LogP contribution in [0.2, 0.25) is 0 Å². The van der Waals surface area contributed by atoms with E-state index in [0.29, 0.717) is 6.42 Å². The molecule has 0 aliphatic carbocycles. The maximum atomic E-state index is 12.5. The molecule has 0 spiro atoms. The van der Waals surface area contributed by atoms with Crippen LogP contribution in [0.15, 0.2) is 60.8 Å². The number of aliphatic hydroxyl groups excluding tert-OH is 2. The minimum Gasteiger partial charge on any atom is -0.394 e.